The zero-order valence-corrected chi connectivity index (χ0v) is 13.4. The van der Waals surface area contributed by atoms with Gasteiger partial charge in [-0.05, 0) is 49.7 Å². The summed E-state index contributed by atoms with van der Waals surface area (Å²) in [6, 6.07) is 18.2. The van der Waals surface area contributed by atoms with Gasteiger partial charge in [-0.2, -0.15) is 0 Å². The van der Waals surface area contributed by atoms with Gasteiger partial charge in [-0.3, -0.25) is 0 Å². The third-order valence-corrected chi connectivity index (χ3v) is 4.04. The van der Waals surface area contributed by atoms with E-state index >= 15 is 0 Å². The first kappa shape index (κ1) is 14.7. The molecule has 0 radical (unpaired) electrons. The van der Waals surface area contributed by atoms with Crippen molar-refractivity contribution in [3.8, 4) is 11.3 Å². The summed E-state index contributed by atoms with van der Waals surface area (Å²) in [5.41, 5.74) is 4.40. The molecule has 0 atom stereocenters. The molecule has 0 fully saturated rings. The summed E-state index contributed by atoms with van der Waals surface area (Å²) in [7, 11) is 0. The predicted octanol–water partition coefficient (Wildman–Crippen LogP) is 5.83. The van der Waals surface area contributed by atoms with Gasteiger partial charge in [-0.15, -0.1) is 0 Å². The van der Waals surface area contributed by atoms with Crippen molar-refractivity contribution < 1.29 is 4.42 Å². The molecular weight excluding hydrogens is 294 g/mol. The molecule has 0 saturated heterocycles. The Balaban J connectivity index is 1.70. The average molecular weight is 312 g/mol. The van der Waals surface area contributed by atoms with E-state index < -0.39 is 0 Å². The van der Waals surface area contributed by atoms with Crippen LogP contribution < -0.4 is 5.32 Å². The Labute approximate surface area is 135 Å². The van der Waals surface area contributed by atoms with E-state index in [0.29, 0.717) is 6.54 Å². The van der Waals surface area contributed by atoms with E-state index in [1.165, 1.54) is 5.56 Å². The summed E-state index contributed by atoms with van der Waals surface area (Å²) in [4.78, 5) is 0. The number of furan rings is 1. The van der Waals surface area contributed by atoms with E-state index in [-0.39, 0.29) is 0 Å². The number of nitrogens with one attached hydrogen (secondary N) is 1. The van der Waals surface area contributed by atoms with E-state index in [1.54, 1.807) is 0 Å². The maximum atomic E-state index is 6.17. The van der Waals surface area contributed by atoms with Crippen LogP contribution in [0.15, 0.2) is 59.0 Å². The molecule has 1 N–H and O–H groups in total. The molecule has 3 rings (SSSR count). The Hall–Kier alpha value is -2.19. The Kier molecular flexibility index (Phi) is 4.21. The number of anilines is 1. The molecule has 0 spiro atoms. The number of rotatable bonds is 4. The van der Waals surface area contributed by atoms with Crippen LogP contribution in [0.4, 0.5) is 5.69 Å². The average Bonchev–Trinajstić information content (AvgIpc) is 2.98. The van der Waals surface area contributed by atoms with Crippen molar-refractivity contribution in [1.82, 2.24) is 0 Å². The maximum absolute atomic E-state index is 6.17. The van der Waals surface area contributed by atoms with Gasteiger partial charge in [-0.1, -0.05) is 41.4 Å². The summed E-state index contributed by atoms with van der Waals surface area (Å²) >= 11 is 6.17. The summed E-state index contributed by atoms with van der Waals surface area (Å²) in [6.07, 6.45) is 0. The Morgan fingerprint density at radius 1 is 0.955 bits per heavy atom. The van der Waals surface area contributed by atoms with Gasteiger partial charge in [0.15, 0.2) is 0 Å². The fourth-order valence-electron chi connectivity index (χ4n) is 2.23. The molecule has 0 saturated carbocycles. The topological polar surface area (TPSA) is 25.2 Å². The second-order valence-corrected chi connectivity index (χ2v) is 5.86. The highest BCUT2D eigenvalue weighted by atomic mass is 35.5. The number of hydrogen-bond acceptors (Lipinski definition) is 2. The molecule has 3 heteroatoms. The monoisotopic (exact) mass is 311 g/mol. The zero-order chi connectivity index (χ0) is 15.5. The Morgan fingerprint density at radius 2 is 1.73 bits per heavy atom. The van der Waals surface area contributed by atoms with Crippen LogP contribution in [-0.2, 0) is 6.54 Å². The lowest BCUT2D eigenvalue weighted by molar-refractivity contribution is 0.531. The van der Waals surface area contributed by atoms with Gasteiger partial charge in [-0.25, -0.2) is 0 Å². The van der Waals surface area contributed by atoms with Gasteiger partial charge in [0, 0.05) is 16.3 Å². The van der Waals surface area contributed by atoms with Crippen molar-refractivity contribution >= 4 is 17.3 Å². The lowest BCUT2D eigenvalue weighted by Crippen LogP contribution is -1.97. The number of aryl methyl sites for hydroxylation is 2. The number of halogens is 1. The minimum absolute atomic E-state index is 0.655. The maximum Gasteiger partial charge on any atom is 0.134 e. The first-order valence-corrected chi connectivity index (χ1v) is 7.65. The largest absolute Gasteiger partial charge is 0.459 e. The summed E-state index contributed by atoms with van der Waals surface area (Å²) in [5, 5.41) is 4.11. The van der Waals surface area contributed by atoms with Gasteiger partial charge < -0.3 is 9.73 Å². The van der Waals surface area contributed by atoms with Crippen LogP contribution >= 0.6 is 11.6 Å². The van der Waals surface area contributed by atoms with Crippen molar-refractivity contribution in [3.63, 3.8) is 0 Å². The number of hydrogen-bond donors (Lipinski definition) is 1. The molecule has 0 aliphatic rings. The van der Waals surface area contributed by atoms with Crippen molar-refractivity contribution in [3.05, 3.63) is 76.5 Å². The van der Waals surface area contributed by atoms with Crippen LogP contribution in [0, 0.1) is 13.8 Å². The Morgan fingerprint density at radius 3 is 2.45 bits per heavy atom. The lowest BCUT2D eigenvalue weighted by Gasteiger charge is -2.05. The second-order valence-electron chi connectivity index (χ2n) is 5.45. The van der Waals surface area contributed by atoms with Crippen molar-refractivity contribution in [2.45, 2.75) is 20.4 Å². The minimum atomic E-state index is 0.655. The first-order chi connectivity index (χ1) is 10.6. The van der Waals surface area contributed by atoms with Crippen LogP contribution in [-0.4, -0.2) is 0 Å². The SMILES string of the molecule is Cc1ccc(NCc2ccc(-c3ccc(C)c(Cl)c3)o2)cc1. The van der Waals surface area contributed by atoms with Crippen LogP contribution in [0.5, 0.6) is 0 Å². The van der Waals surface area contributed by atoms with E-state index in [0.717, 1.165) is 33.4 Å². The Bertz CT molecular complexity index is 774. The standard InChI is InChI=1S/C19H18ClNO/c1-13-3-7-16(8-4-13)21-12-17-9-10-19(22-17)15-6-5-14(2)18(20)11-15/h3-11,21H,12H2,1-2H3. The van der Waals surface area contributed by atoms with E-state index in [9.17, 15) is 0 Å². The lowest BCUT2D eigenvalue weighted by atomic mass is 10.1. The third-order valence-electron chi connectivity index (χ3n) is 3.64. The van der Waals surface area contributed by atoms with E-state index in [4.69, 9.17) is 16.0 Å². The van der Waals surface area contributed by atoms with Crippen LogP contribution in [0.3, 0.4) is 0 Å². The molecule has 112 valence electrons. The molecule has 1 heterocycles. The fourth-order valence-corrected chi connectivity index (χ4v) is 2.42. The molecule has 1 aromatic heterocycles. The highest BCUT2D eigenvalue weighted by Crippen LogP contribution is 2.27. The van der Waals surface area contributed by atoms with Crippen molar-refractivity contribution in [1.29, 1.82) is 0 Å². The van der Waals surface area contributed by atoms with Gasteiger partial charge in [0.2, 0.25) is 0 Å². The highest BCUT2D eigenvalue weighted by molar-refractivity contribution is 6.31. The third kappa shape index (κ3) is 3.34. The smallest absolute Gasteiger partial charge is 0.134 e. The van der Waals surface area contributed by atoms with Crippen LogP contribution in [0.25, 0.3) is 11.3 Å². The fraction of sp³-hybridized carbons (Fsp3) is 0.158. The van der Waals surface area contributed by atoms with Crippen molar-refractivity contribution in [2.75, 3.05) is 5.32 Å². The molecule has 0 unspecified atom stereocenters. The predicted molar refractivity (Wildman–Crippen MR) is 92.4 cm³/mol. The molecule has 2 aromatic carbocycles. The quantitative estimate of drug-likeness (QED) is 0.656. The normalized spacial score (nSPS) is 10.7. The van der Waals surface area contributed by atoms with Crippen LogP contribution in [0.1, 0.15) is 16.9 Å². The molecule has 22 heavy (non-hydrogen) atoms. The van der Waals surface area contributed by atoms with Gasteiger partial charge >= 0.3 is 0 Å². The number of benzene rings is 2. The van der Waals surface area contributed by atoms with E-state index in [1.807, 2.05) is 37.3 Å². The van der Waals surface area contributed by atoms with E-state index in [2.05, 4.69) is 36.5 Å². The van der Waals surface area contributed by atoms with Gasteiger partial charge in [0.1, 0.15) is 11.5 Å². The zero-order valence-electron chi connectivity index (χ0n) is 12.7. The summed E-state index contributed by atoms with van der Waals surface area (Å²) in [5.74, 6) is 1.73. The molecule has 3 aromatic rings. The second kappa shape index (κ2) is 6.29. The molecule has 2 nitrogen and oxygen atoms in total. The summed E-state index contributed by atoms with van der Waals surface area (Å²) < 4.78 is 5.89. The highest BCUT2D eigenvalue weighted by Gasteiger charge is 2.06. The molecular formula is C19H18ClNO. The summed E-state index contributed by atoms with van der Waals surface area (Å²) in [6.45, 7) is 4.73. The molecule has 0 aliphatic carbocycles. The molecule has 0 bridgehead atoms. The van der Waals surface area contributed by atoms with Gasteiger partial charge in [0.05, 0.1) is 6.54 Å². The van der Waals surface area contributed by atoms with Crippen molar-refractivity contribution in [2.24, 2.45) is 0 Å². The first-order valence-electron chi connectivity index (χ1n) is 7.27. The van der Waals surface area contributed by atoms with Gasteiger partial charge in [0.25, 0.3) is 0 Å². The minimum Gasteiger partial charge on any atom is -0.459 e. The molecule has 0 aliphatic heterocycles. The molecule has 0 amide bonds. The van der Waals surface area contributed by atoms with Crippen LogP contribution in [0.2, 0.25) is 5.02 Å².